The Labute approximate surface area is 172 Å². The van der Waals surface area contributed by atoms with Crippen LogP contribution in [-0.4, -0.2) is 42.0 Å². The zero-order chi connectivity index (χ0) is 20.6. The number of halogens is 1. The fourth-order valence-electron chi connectivity index (χ4n) is 5.59. The van der Waals surface area contributed by atoms with E-state index in [1.165, 1.54) is 17.3 Å². The Balaban J connectivity index is 1.67. The Hall–Kier alpha value is -2.40. The van der Waals surface area contributed by atoms with Gasteiger partial charge in [0.25, 0.3) is 0 Å². The molecule has 0 aromatic heterocycles. The molecule has 2 aliphatic heterocycles. The van der Waals surface area contributed by atoms with Gasteiger partial charge in [0.05, 0.1) is 6.54 Å². The first-order valence-corrected chi connectivity index (χ1v) is 10.5. The van der Waals surface area contributed by atoms with E-state index in [0.717, 1.165) is 37.9 Å². The largest absolute Gasteiger partial charge is 0.369 e. The highest BCUT2D eigenvalue weighted by atomic mass is 19.1. The summed E-state index contributed by atoms with van der Waals surface area (Å²) in [7, 11) is 0. The highest BCUT2D eigenvalue weighted by molar-refractivity contribution is 5.76. The maximum atomic E-state index is 13.8. The van der Waals surface area contributed by atoms with Crippen LogP contribution in [0.2, 0.25) is 0 Å². The Bertz CT molecular complexity index is 901. The second-order valence-electron chi connectivity index (χ2n) is 9.03. The minimum absolute atomic E-state index is 0.111. The number of benzene rings is 2. The van der Waals surface area contributed by atoms with E-state index in [0.29, 0.717) is 18.5 Å². The van der Waals surface area contributed by atoms with Crippen LogP contribution in [0.25, 0.3) is 0 Å². The van der Waals surface area contributed by atoms with E-state index < -0.39 is 0 Å². The second-order valence-corrected chi connectivity index (χ2v) is 9.03. The third-order valence-corrected chi connectivity index (χ3v) is 6.53. The number of hydrogen-bond acceptors (Lipinski definition) is 3. The van der Waals surface area contributed by atoms with Gasteiger partial charge in [-0.25, -0.2) is 4.39 Å². The summed E-state index contributed by atoms with van der Waals surface area (Å²) in [6, 6.07) is 16.1. The van der Waals surface area contributed by atoms with Crippen LogP contribution in [0, 0.1) is 18.7 Å². The third kappa shape index (κ3) is 4.15. The number of rotatable bonds is 5. The number of nitrogens with zero attached hydrogens (tertiary/aromatic N) is 2. The maximum Gasteiger partial charge on any atom is 0.231 e. The molecule has 0 aliphatic carbocycles. The number of amides is 1. The van der Waals surface area contributed by atoms with E-state index in [2.05, 4.69) is 47.9 Å². The van der Waals surface area contributed by atoms with Gasteiger partial charge < -0.3 is 10.6 Å². The van der Waals surface area contributed by atoms with Crippen LogP contribution in [0.4, 0.5) is 10.1 Å². The van der Waals surface area contributed by atoms with Gasteiger partial charge in [0.1, 0.15) is 5.82 Å². The summed E-state index contributed by atoms with van der Waals surface area (Å²) < 4.78 is 13.8. The Morgan fingerprint density at radius 3 is 2.76 bits per heavy atom. The van der Waals surface area contributed by atoms with Crippen LogP contribution in [-0.2, 0) is 11.2 Å². The lowest BCUT2D eigenvalue weighted by molar-refractivity contribution is -0.119. The number of carbonyl (C=O) groups is 1. The van der Waals surface area contributed by atoms with Gasteiger partial charge in [0, 0.05) is 30.4 Å². The predicted octanol–water partition coefficient (Wildman–Crippen LogP) is 3.52. The number of aryl methyl sites for hydroxylation is 1. The molecule has 154 valence electrons. The van der Waals surface area contributed by atoms with Crippen LogP contribution < -0.4 is 10.6 Å². The average Bonchev–Trinajstić information content (AvgIpc) is 2.91. The molecule has 2 fully saturated rings. The van der Waals surface area contributed by atoms with E-state index in [1.807, 2.05) is 6.07 Å². The molecule has 0 radical (unpaired) electrons. The molecule has 3 atom stereocenters. The molecular formula is C24H30FN3O. The molecule has 2 heterocycles. The molecule has 29 heavy (non-hydrogen) atoms. The van der Waals surface area contributed by atoms with E-state index in [4.69, 9.17) is 5.73 Å². The molecule has 4 rings (SSSR count). The molecule has 0 bridgehead atoms. The first kappa shape index (κ1) is 19.9. The fourth-order valence-corrected chi connectivity index (χ4v) is 5.59. The molecule has 0 unspecified atom stereocenters. The fraction of sp³-hybridized carbons (Fsp3) is 0.458. The van der Waals surface area contributed by atoms with Crippen LogP contribution in [0.3, 0.4) is 0 Å². The first-order chi connectivity index (χ1) is 13.8. The maximum absolute atomic E-state index is 13.8. The molecule has 0 spiro atoms. The SMILES string of the molecule is Cc1cccc(N2[C@H]3CCN(CC(N)=O)C[C@H]3C[C@@]2(C)Cc2cccc(F)c2)c1. The quantitative estimate of drug-likeness (QED) is 0.843. The minimum atomic E-state index is -0.264. The van der Waals surface area contributed by atoms with Crippen molar-refractivity contribution in [1.82, 2.24) is 4.90 Å². The van der Waals surface area contributed by atoms with Gasteiger partial charge in [0.15, 0.2) is 0 Å². The topological polar surface area (TPSA) is 49.6 Å². The summed E-state index contributed by atoms with van der Waals surface area (Å²) in [5, 5.41) is 0. The monoisotopic (exact) mass is 395 g/mol. The van der Waals surface area contributed by atoms with E-state index in [1.54, 1.807) is 12.1 Å². The molecular weight excluding hydrogens is 365 g/mol. The van der Waals surface area contributed by atoms with Crippen molar-refractivity contribution in [2.75, 3.05) is 24.5 Å². The van der Waals surface area contributed by atoms with Gasteiger partial charge in [-0.2, -0.15) is 0 Å². The van der Waals surface area contributed by atoms with E-state index in [-0.39, 0.29) is 17.3 Å². The van der Waals surface area contributed by atoms with Crippen molar-refractivity contribution in [3.63, 3.8) is 0 Å². The summed E-state index contributed by atoms with van der Waals surface area (Å²) in [4.78, 5) is 16.2. The number of nitrogens with two attached hydrogens (primary N) is 1. The highest BCUT2D eigenvalue weighted by Crippen LogP contribution is 2.46. The molecule has 0 saturated carbocycles. The van der Waals surface area contributed by atoms with Crippen molar-refractivity contribution < 1.29 is 9.18 Å². The van der Waals surface area contributed by atoms with Crippen molar-refractivity contribution in [3.8, 4) is 0 Å². The smallest absolute Gasteiger partial charge is 0.231 e. The highest BCUT2D eigenvalue weighted by Gasteiger charge is 2.50. The van der Waals surface area contributed by atoms with Crippen molar-refractivity contribution in [1.29, 1.82) is 0 Å². The van der Waals surface area contributed by atoms with Crippen LogP contribution in [0.1, 0.15) is 30.9 Å². The molecule has 2 aliphatic rings. The summed E-state index contributed by atoms with van der Waals surface area (Å²) in [6.07, 6.45) is 2.81. The number of carbonyl (C=O) groups excluding carboxylic acids is 1. The van der Waals surface area contributed by atoms with Gasteiger partial charge in [-0.05, 0) is 74.4 Å². The lowest BCUT2D eigenvalue weighted by atomic mass is 9.85. The minimum Gasteiger partial charge on any atom is -0.369 e. The number of hydrogen-bond donors (Lipinski definition) is 1. The van der Waals surface area contributed by atoms with Gasteiger partial charge in [-0.3, -0.25) is 9.69 Å². The number of piperidine rings is 1. The molecule has 5 heteroatoms. The molecule has 4 nitrogen and oxygen atoms in total. The van der Waals surface area contributed by atoms with Crippen LogP contribution >= 0.6 is 0 Å². The van der Waals surface area contributed by atoms with Crippen molar-refractivity contribution in [2.24, 2.45) is 11.7 Å². The van der Waals surface area contributed by atoms with Crippen molar-refractivity contribution in [2.45, 2.75) is 44.7 Å². The zero-order valence-electron chi connectivity index (χ0n) is 17.3. The molecule has 1 amide bonds. The number of primary amides is 1. The Morgan fingerprint density at radius 1 is 1.24 bits per heavy atom. The Morgan fingerprint density at radius 2 is 2.03 bits per heavy atom. The molecule has 2 aromatic carbocycles. The number of fused-ring (bicyclic) bond motifs is 1. The van der Waals surface area contributed by atoms with Crippen molar-refractivity contribution >= 4 is 11.6 Å². The van der Waals surface area contributed by atoms with Crippen molar-refractivity contribution in [3.05, 3.63) is 65.5 Å². The lowest BCUT2D eigenvalue weighted by Gasteiger charge is -2.43. The normalized spacial score (nSPS) is 27.1. The first-order valence-electron chi connectivity index (χ1n) is 10.5. The summed E-state index contributed by atoms with van der Waals surface area (Å²) in [5.41, 5.74) is 8.83. The second kappa shape index (κ2) is 7.79. The van der Waals surface area contributed by atoms with Gasteiger partial charge in [0.2, 0.25) is 5.91 Å². The number of anilines is 1. The number of likely N-dealkylation sites (tertiary alicyclic amines) is 1. The zero-order valence-corrected chi connectivity index (χ0v) is 17.3. The predicted molar refractivity (Wildman–Crippen MR) is 114 cm³/mol. The Kier molecular flexibility index (Phi) is 5.34. The summed E-state index contributed by atoms with van der Waals surface area (Å²) >= 11 is 0. The van der Waals surface area contributed by atoms with Gasteiger partial charge >= 0.3 is 0 Å². The average molecular weight is 396 g/mol. The third-order valence-electron chi connectivity index (χ3n) is 6.53. The standard InChI is InChI=1S/C24H30FN3O/c1-17-5-3-8-21(11-17)28-22-9-10-27(16-23(26)29)15-19(22)14-24(28,2)13-18-6-4-7-20(25)12-18/h3-8,11-12,19,22H,9-10,13-16H2,1-2H3,(H2,26,29)/t19-,22+,24-/m1/s1. The van der Waals surface area contributed by atoms with Crippen LogP contribution in [0.15, 0.2) is 48.5 Å². The summed E-state index contributed by atoms with van der Waals surface area (Å²) in [6.45, 7) is 6.51. The van der Waals surface area contributed by atoms with E-state index in [9.17, 15) is 9.18 Å². The summed E-state index contributed by atoms with van der Waals surface area (Å²) in [5.74, 6) is 0.0120. The van der Waals surface area contributed by atoms with Gasteiger partial charge in [-0.15, -0.1) is 0 Å². The van der Waals surface area contributed by atoms with Crippen LogP contribution in [0.5, 0.6) is 0 Å². The lowest BCUT2D eigenvalue weighted by Crippen LogP contribution is -2.51. The molecule has 2 saturated heterocycles. The van der Waals surface area contributed by atoms with Gasteiger partial charge in [-0.1, -0.05) is 24.3 Å². The molecule has 2 N–H and O–H groups in total. The molecule has 2 aromatic rings. The van der Waals surface area contributed by atoms with E-state index >= 15 is 0 Å².